The van der Waals surface area contributed by atoms with Gasteiger partial charge in [0.05, 0.1) is 10.2 Å². The molecule has 0 amide bonds. The molecule has 1 fully saturated rings. The number of rotatable bonds is 3. The van der Waals surface area contributed by atoms with Crippen LogP contribution in [0, 0.1) is 11.8 Å². The van der Waals surface area contributed by atoms with Gasteiger partial charge in [-0.05, 0) is 42.9 Å². The molecule has 3 atom stereocenters. The number of anilines is 1. The molecular formula is C15H19ClN2S. The van der Waals surface area contributed by atoms with Crippen LogP contribution in [-0.2, 0) is 0 Å². The van der Waals surface area contributed by atoms with E-state index < -0.39 is 0 Å². The fourth-order valence-corrected chi connectivity index (χ4v) is 4.22. The third kappa shape index (κ3) is 2.59. The van der Waals surface area contributed by atoms with Gasteiger partial charge in [0.15, 0.2) is 5.13 Å². The van der Waals surface area contributed by atoms with E-state index in [1.165, 1.54) is 24.0 Å². The molecule has 0 bridgehead atoms. The van der Waals surface area contributed by atoms with Crippen LogP contribution in [0.15, 0.2) is 18.2 Å². The van der Waals surface area contributed by atoms with Crippen LogP contribution in [0.2, 0.25) is 5.02 Å². The Hall–Kier alpha value is -0.800. The maximum atomic E-state index is 6.00. The second-order valence-electron chi connectivity index (χ2n) is 5.49. The van der Waals surface area contributed by atoms with E-state index in [4.69, 9.17) is 11.6 Å². The van der Waals surface area contributed by atoms with E-state index in [9.17, 15) is 0 Å². The van der Waals surface area contributed by atoms with Gasteiger partial charge in [0.2, 0.25) is 0 Å². The average molecular weight is 295 g/mol. The first-order valence-corrected chi connectivity index (χ1v) is 8.19. The normalized spacial score (nSPS) is 27.0. The van der Waals surface area contributed by atoms with Crippen LogP contribution in [0.4, 0.5) is 5.13 Å². The molecule has 0 spiro atoms. The van der Waals surface area contributed by atoms with E-state index in [1.807, 2.05) is 18.2 Å². The van der Waals surface area contributed by atoms with Crippen molar-refractivity contribution >= 4 is 38.3 Å². The Balaban J connectivity index is 1.78. The van der Waals surface area contributed by atoms with Crippen LogP contribution in [0.25, 0.3) is 10.2 Å². The maximum absolute atomic E-state index is 6.00. The fourth-order valence-electron chi connectivity index (χ4n) is 3.15. The minimum atomic E-state index is 0.570. The number of nitrogens with one attached hydrogen (secondary N) is 1. The number of hydrogen-bond donors (Lipinski definition) is 1. The van der Waals surface area contributed by atoms with Gasteiger partial charge in [-0.25, -0.2) is 4.98 Å². The number of hydrogen-bond acceptors (Lipinski definition) is 3. The molecule has 2 nitrogen and oxygen atoms in total. The minimum absolute atomic E-state index is 0.570. The van der Waals surface area contributed by atoms with Crippen molar-refractivity contribution in [3.05, 3.63) is 23.2 Å². The fraction of sp³-hybridized carbons (Fsp3) is 0.533. The Morgan fingerprint density at radius 2 is 2.26 bits per heavy atom. The van der Waals surface area contributed by atoms with E-state index in [2.05, 4.69) is 24.1 Å². The highest BCUT2D eigenvalue weighted by atomic mass is 35.5. The lowest BCUT2D eigenvalue weighted by atomic mass is 9.94. The molecule has 0 saturated heterocycles. The summed E-state index contributed by atoms with van der Waals surface area (Å²) in [6.07, 6.45) is 3.89. The molecule has 1 aliphatic rings. The predicted octanol–water partition coefficient (Wildman–Crippen LogP) is 5.19. The van der Waals surface area contributed by atoms with Crippen molar-refractivity contribution in [1.82, 2.24) is 4.98 Å². The van der Waals surface area contributed by atoms with Crippen molar-refractivity contribution in [2.45, 2.75) is 39.2 Å². The molecule has 4 heteroatoms. The van der Waals surface area contributed by atoms with Gasteiger partial charge in [0, 0.05) is 11.1 Å². The molecule has 1 heterocycles. The summed E-state index contributed by atoms with van der Waals surface area (Å²) in [7, 11) is 0. The predicted molar refractivity (Wildman–Crippen MR) is 84.2 cm³/mol. The molecule has 3 unspecified atom stereocenters. The van der Waals surface area contributed by atoms with E-state index >= 15 is 0 Å². The summed E-state index contributed by atoms with van der Waals surface area (Å²) in [5.74, 6) is 1.60. The van der Waals surface area contributed by atoms with E-state index in [0.717, 1.165) is 27.5 Å². The first kappa shape index (κ1) is 13.2. The maximum Gasteiger partial charge on any atom is 0.184 e. The Morgan fingerprint density at radius 1 is 1.42 bits per heavy atom. The van der Waals surface area contributed by atoms with Crippen molar-refractivity contribution in [3.8, 4) is 0 Å². The van der Waals surface area contributed by atoms with Crippen LogP contribution in [0.3, 0.4) is 0 Å². The van der Waals surface area contributed by atoms with Crippen LogP contribution in [0.1, 0.15) is 33.1 Å². The number of halogens is 1. The molecule has 19 heavy (non-hydrogen) atoms. The van der Waals surface area contributed by atoms with E-state index in [0.29, 0.717) is 6.04 Å². The zero-order valence-corrected chi connectivity index (χ0v) is 12.9. The Kier molecular flexibility index (Phi) is 3.68. The van der Waals surface area contributed by atoms with Crippen LogP contribution in [0.5, 0.6) is 0 Å². The number of aromatic nitrogens is 1. The molecule has 1 saturated carbocycles. The summed E-state index contributed by atoms with van der Waals surface area (Å²) in [5.41, 5.74) is 0.998. The quantitative estimate of drug-likeness (QED) is 0.843. The SMILES string of the molecule is CCC1CCC(Nc2nc3cc(Cl)ccc3s2)C1C. The van der Waals surface area contributed by atoms with Crippen molar-refractivity contribution in [2.24, 2.45) is 11.8 Å². The average Bonchev–Trinajstić information content (AvgIpc) is 2.93. The van der Waals surface area contributed by atoms with Gasteiger partial charge < -0.3 is 5.32 Å². The number of nitrogens with zero attached hydrogens (tertiary/aromatic N) is 1. The smallest absolute Gasteiger partial charge is 0.184 e. The highest BCUT2D eigenvalue weighted by Crippen LogP contribution is 2.37. The van der Waals surface area contributed by atoms with Gasteiger partial charge in [-0.2, -0.15) is 0 Å². The Morgan fingerprint density at radius 3 is 3.00 bits per heavy atom. The van der Waals surface area contributed by atoms with Crippen molar-refractivity contribution in [3.63, 3.8) is 0 Å². The largest absolute Gasteiger partial charge is 0.358 e. The van der Waals surface area contributed by atoms with Gasteiger partial charge in [-0.1, -0.05) is 43.2 Å². The Labute approximate surface area is 123 Å². The second-order valence-corrected chi connectivity index (χ2v) is 6.95. The van der Waals surface area contributed by atoms with Crippen molar-refractivity contribution in [2.75, 3.05) is 5.32 Å². The summed E-state index contributed by atoms with van der Waals surface area (Å²) >= 11 is 7.73. The zero-order chi connectivity index (χ0) is 13.4. The van der Waals surface area contributed by atoms with Gasteiger partial charge in [0.1, 0.15) is 0 Å². The molecule has 0 aliphatic heterocycles. The molecule has 0 radical (unpaired) electrons. The minimum Gasteiger partial charge on any atom is -0.358 e. The number of thiazole rings is 1. The standard InChI is InChI=1S/C15H19ClN2S/c1-3-10-4-6-12(9(10)2)17-15-18-13-8-11(16)5-7-14(13)19-15/h5,7-10,12H,3-4,6H2,1-2H3,(H,17,18). The van der Waals surface area contributed by atoms with Gasteiger partial charge in [0.25, 0.3) is 0 Å². The van der Waals surface area contributed by atoms with E-state index in [1.54, 1.807) is 11.3 Å². The van der Waals surface area contributed by atoms with Crippen molar-refractivity contribution in [1.29, 1.82) is 0 Å². The number of benzene rings is 1. The molecule has 1 aliphatic carbocycles. The van der Waals surface area contributed by atoms with Gasteiger partial charge >= 0.3 is 0 Å². The van der Waals surface area contributed by atoms with Crippen LogP contribution >= 0.6 is 22.9 Å². The first-order valence-electron chi connectivity index (χ1n) is 7.00. The third-order valence-corrected chi connectivity index (χ3v) is 5.61. The highest BCUT2D eigenvalue weighted by Gasteiger charge is 2.31. The molecular weight excluding hydrogens is 276 g/mol. The molecule has 1 aromatic heterocycles. The third-order valence-electron chi connectivity index (χ3n) is 4.41. The van der Waals surface area contributed by atoms with Gasteiger partial charge in [-0.3, -0.25) is 0 Å². The molecule has 2 aromatic rings. The van der Waals surface area contributed by atoms with Gasteiger partial charge in [-0.15, -0.1) is 0 Å². The summed E-state index contributed by atoms with van der Waals surface area (Å²) < 4.78 is 1.20. The highest BCUT2D eigenvalue weighted by molar-refractivity contribution is 7.22. The lowest BCUT2D eigenvalue weighted by Crippen LogP contribution is -2.24. The summed E-state index contributed by atoms with van der Waals surface area (Å²) in [6, 6.07) is 6.48. The summed E-state index contributed by atoms with van der Waals surface area (Å²) in [6.45, 7) is 4.66. The van der Waals surface area contributed by atoms with E-state index in [-0.39, 0.29) is 0 Å². The monoisotopic (exact) mass is 294 g/mol. The lowest BCUT2D eigenvalue weighted by molar-refractivity contribution is 0.392. The molecule has 102 valence electrons. The Bertz CT molecular complexity index is 581. The molecule has 1 N–H and O–H groups in total. The topological polar surface area (TPSA) is 24.9 Å². The first-order chi connectivity index (χ1) is 9.17. The second kappa shape index (κ2) is 5.29. The summed E-state index contributed by atoms with van der Waals surface area (Å²) in [5, 5.41) is 5.42. The van der Waals surface area contributed by atoms with Crippen LogP contribution in [-0.4, -0.2) is 11.0 Å². The van der Waals surface area contributed by atoms with Crippen LogP contribution < -0.4 is 5.32 Å². The zero-order valence-electron chi connectivity index (χ0n) is 11.3. The van der Waals surface area contributed by atoms with Crippen molar-refractivity contribution < 1.29 is 0 Å². The number of fused-ring (bicyclic) bond motifs is 1. The molecule has 1 aromatic carbocycles. The lowest BCUT2D eigenvalue weighted by Gasteiger charge is -2.20. The molecule has 3 rings (SSSR count). The summed E-state index contributed by atoms with van der Waals surface area (Å²) in [4.78, 5) is 4.65.